The van der Waals surface area contributed by atoms with Crippen molar-refractivity contribution in [3.8, 4) is 0 Å². The van der Waals surface area contributed by atoms with Crippen LogP contribution in [0.3, 0.4) is 0 Å². The summed E-state index contributed by atoms with van der Waals surface area (Å²) in [5.41, 5.74) is 0.605. The smallest absolute Gasteiger partial charge is 0.264 e. The van der Waals surface area contributed by atoms with E-state index < -0.39 is 10.0 Å². The van der Waals surface area contributed by atoms with Crippen molar-refractivity contribution in [2.75, 3.05) is 11.4 Å². The second-order valence-electron chi connectivity index (χ2n) is 3.88. The van der Waals surface area contributed by atoms with E-state index in [4.69, 9.17) is 11.6 Å². The zero-order chi connectivity index (χ0) is 14.0. The van der Waals surface area contributed by atoms with Gasteiger partial charge < -0.3 is 0 Å². The van der Waals surface area contributed by atoms with E-state index in [1.165, 1.54) is 23.5 Å². The molecule has 2 aromatic carbocycles. The summed E-state index contributed by atoms with van der Waals surface area (Å²) in [6.07, 6.45) is 0. The van der Waals surface area contributed by atoms with Gasteiger partial charge in [0.15, 0.2) is 0 Å². The van der Waals surface area contributed by atoms with Crippen molar-refractivity contribution in [2.45, 2.75) is 4.90 Å². The lowest BCUT2D eigenvalue weighted by Gasteiger charge is -2.19. The van der Waals surface area contributed by atoms with E-state index in [-0.39, 0.29) is 4.90 Å². The summed E-state index contributed by atoms with van der Waals surface area (Å²) in [5, 5.41) is 0.473. The third kappa shape index (κ3) is 2.94. The first-order chi connectivity index (χ1) is 8.93. The molecule has 0 unspecified atom stereocenters. The Hall–Kier alpha value is -1.04. The first-order valence-corrected chi connectivity index (χ1v) is 8.03. The second kappa shape index (κ2) is 5.53. The fourth-order valence-corrected chi connectivity index (χ4v) is 3.44. The molecule has 0 N–H and O–H groups in total. The van der Waals surface area contributed by atoms with E-state index in [1.807, 2.05) is 6.07 Å². The van der Waals surface area contributed by atoms with Gasteiger partial charge in [-0.2, -0.15) is 0 Å². The van der Waals surface area contributed by atoms with Crippen LogP contribution >= 0.6 is 27.5 Å². The normalized spacial score (nSPS) is 11.3. The molecule has 0 amide bonds. The largest absolute Gasteiger partial charge is 0.269 e. The van der Waals surface area contributed by atoms with Crippen molar-refractivity contribution in [2.24, 2.45) is 0 Å². The fourth-order valence-electron chi connectivity index (χ4n) is 1.57. The standard InChI is InChI=1S/C13H11BrClNO2S/c1-16(10-5-3-2-4-6-10)19(17,18)11-7-8-13(15)12(14)9-11/h2-9H,1H3. The Morgan fingerprint density at radius 1 is 1.11 bits per heavy atom. The SMILES string of the molecule is CN(c1ccccc1)S(=O)(=O)c1ccc(Cl)c(Br)c1. The number of para-hydroxylation sites is 1. The summed E-state index contributed by atoms with van der Waals surface area (Å²) in [5.74, 6) is 0. The molecule has 6 heteroatoms. The van der Waals surface area contributed by atoms with Crippen molar-refractivity contribution in [1.82, 2.24) is 0 Å². The van der Waals surface area contributed by atoms with Crippen LogP contribution < -0.4 is 4.31 Å². The summed E-state index contributed by atoms with van der Waals surface area (Å²) in [6, 6.07) is 13.4. The maximum atomic E-state index is 12.5. The Bertz CT molecular complexity index is 689. The van der Waals surface area contributed by atoms with Gasteiger partial charge in [-0.1, -0.05) is 29.8 Å². The van der Waals surface area contributed by atoms with Crippen molar-refractivity contribution < 1.29 is 8.42 Å². The highest BCUT2D eigenvalue weighted by molar-refractivity contribution is 9.10. The Morgan fingerprint density at radius 3 is 2.32 bits per heavy atom. The molecule has 0 aliphatic rings. The van der Waals surface area contributed by atoms with E-state index >= 15 is 0 Å². The van der Waals surface area contributed by atoms with Crippen molar-refractivity contribution in [3.63, 3.8) is 0 Å². The lowest BCUT2D eigenvalue weighted by molar-refractivity contribution is 0.594. The molecule has 0 spiro atoms. The van der Waals surface area contributed by atoms with Crippen molar-refractivity contribution >= 4 is 43.2 Å². The van der Waals surface area contributed by atoms with Gasteiger partial charge in [-0.15, -0.1) is 0 Å². The quantitative estimate of drug-likeness (QED) is 0.832. The Morgan fingerprint density at radius 2 is 1.74 bits per heavy atom. The first kappa shape index (κ1) is 14.4. The number of halogens is 2. The van der Waals surface area contributed by atoms with E-state index in [1.54, 1.807) is 30.3 Å². The number of benzene rings is 2. The van der Waals surface area contributed by atoms with Crippen LogP contribution in [-0.2, 0) is 10.0 Å². The van der Waals surface area contributed by atoms with Crippen molar-refractivity contribution in [3.05, 3.63) is 58.0 Å². The highest BCUT2D eigenvalue weighted by atomic mass is 79.9. The Balaban J connectivity index is 2.45. The van der Waals surface area contributed by atoms with Crippen LogP contribution in [0.2, 0.25) is 5.02 Å². The van der Waals surface area contributed by atoms with E-state index in [0.29, 0.717) is 15.2 Å². The average Bonchev–Trinajstić information content (AvgIpc) is 2.41. The van der Waals surface area contributed by atoms with E-state index in [0.717, 1.165) is 0 Å². The topological polar surface area (TPSA) is 37.4 Å². The Kier molecular flexibility index (Phi) is 4.18. The lowest BCUT2D eigenvalue weighted by Crippen LogP contribution is -2.26. The molecular formula is C13H11BrClNO2S. The summed E-state index contributed by atoms with van der Waals surface area (Å²) in [6.45, 7) is 0. The van der Waals surface area contributed by atoms with Gasteiger partial charge in [0.1, 0.15) is 0 Å². The lowest BCUT2D eigenvalue weighted by atomic mass is 10.3. The maximum Gasteiger partial charge on any atom is 0.264 e. The van der Waals surface area contributed by atoms with Crippen LogP contribution in [-0.4, -0.2) is 15.5 Å². The molecule has 0 atom stereocenters. The number of sulfonamides is 1. The van der Waals surface area contributed by atoms with E-state index in [9.17, 15) is 8.42 Å². The third-order valence-corrected chi connectivity index (χ3v) is 5.66. The van der Waals surface area contributed by atoms with Crippen molar-refractivity contribution in [1.29, 1.82) is 0 Å². The zero-order valence-corrected chi connectivity index (χ0v) is 13.2. The zero-order valence-electron chi connectivity index (χ0n) is 10.0. The molecule has 0 radical (unpaired) electrons. The minimum Gasteiger partial charge on any atom is -0.269 e. The third-order valence-electron chi connectivity index (χ3n) is 2.67. The van der Waals surface area contributed by atoms with Crippen LogP contribution in [0, 0.1) is 0 Å². The molecule has 3 nitrogen and oxygen atoms in total. The molecule has 0 saturated heterocycles. The minimum atomic E-state index is -3.59. The average molecular weight is 361 g/mol. The molecule has 0 aliphatic heterocycles. The van der Waals surface area contributed by atoms with Gasteiger partial charge in [0, 0.05) is 11.5 Å². The van der Waals surface area contributed by atoms with Gasteiger partial charge in [0.05, 0.1) is 15.6 Å². The van der Waals surface area contributed by atoms with Crippen LogP contribution in [0.15, 0.2) is 57.9 Å². The summed E-state index contributed by atoms with van der Waals surface area (Å²) in [4.78, 5) is 0.190. The molecule has 100 valence electrons. The van der Waals surface area contributed by atoms with Gasteiger partial charge in [0.2, 0.25) is 0 Å². The fraction of sp³-hybridized carbons (Fsp3) is 0.0769. The maximum absolute atomic E-state index is 12.5. The number of hydrogen-bond acceptors (Lipinski definition) is 2. The van der Waals surface area contributed by atoms with Gasteiger partial charge in [-0.05, 0) is 46.3 Å². The van der Waals surface area contributed by atoms with Crippen LogP contribution in [0.4, 0.5) is 5.69 Å². The van der Waals surface area contributed by atoms with Crippen LogP contribution in [0.1, 0.15) is 0 Å². The molecule has 19 heavy (non-hydrogen) atoms. The highest BCUT2D eigenvalue weighted by Gasteiger charge is 2.21. The molecule has 0 aromatic heterocycles. The second-order valence-corrected chi connectivity index (χ2v) is 7.11. The molecule has 0 saturated carbocycles. The summed E-state index contributed by atoms with van der Waals surface area (Å²) >= 11 is 9.10. The number of anilines is 1. The van der Waals surface area contributed by atoms with Crippen LogP contribution in [0.25, 0.3) is 0 Å². The van der Waals surface area contributed by atoms with Crippen LogP contribution in [0.5, 0.6) is 0 Å². The van der Waals surface area contributed by atoms with Gasteiger partial charge in [-0.3, -0.25) is 4.31 Å². The molecule has 2 rings (SSSR count). The molecule has 2 aromatic rings. The molecule has 0 fully saturated rings. The minimum absolute atomic E-state index is 0.190. The van der Waals surface area contributed by atoms with Gasteiger partial charge in [-0.25, -0.2) is 8.42 Å². The predicted molar refractivity (Wildman–Crippen MR) is 81.2 cm³/mol. The molecule has 0 bridgehead atoms. The summed E-state index contributed by atoms with van der Waals surface area (Å²) < 4.78 is 26.7. The summed E-state index contributed by atoms with van der Waals surface area (Å²) in [7, 11) is -2.07. The van der Waals surface area contributed by atoms with Gasteiger partial charge in [0.25, 0.3) is 10.0 Å². The van der Waals surface area contributed by atoms with E-state index in [2.05, 4.69) is 15.9 Å². The first-order valence-electron chi connectivity index (χ1n) is 5.42. The Labute approximate surface area is 126 Å². The predicted octanol–water partition coefficient (Wildman–Crippen LogP) is 3.93. The van der Waals surface area contributed by atoms with Gasteiger partial charge >= 0.3 is 0 Å². The molecule has 0 heterocycles. The number of rotatable bonds is 3. The highest BCUT2D eigenvalue weighted by Crippen LogP contribution is 2.28. The number of hydrogen-bond donors (Lipinski definition) is 0. The number of nitrogens with zero attached hydrogens (tertiary/aromatic N) is 1. The monoisotopic (exact) mass is 359 g/mol. The molecular weight excluding hydrogens is 350 g/mol. The molecule has 0 aliphatic carbocycles.